The fraction of sp³-hybridized carbons (Fsp3) is 0.500. The Morgan fingerprint density at radius 2 is 2.00 bits per heavy atom. The lowest BCUT2D eigenvalue weighted by Gasteiger charge is -2.11. The van der Waals surface area contributed by atoms with Crippen LogP contribution in [0.3, 0.4) is 0 Å². The molecule has 0 aliphatic rings. The Labute approximate surface area is 108 Å². The second-order valence-electron chi connectivity index (χ2n) is 3.71. The molecule has 0 saturated heterocycles. The topological polar surface area (TPSA) is 44.8 Å². The highest BCUT2D eigenvalue weighted by atomic mass is 16.5. The summed E-state index contributed by atoms with van der Waals surface area (Å²) in [7, 11) is 1.62. The van der Waals surface area contributed by atoms with Gasteiger partial charge >= 0.3 is 5.97 Å². The van der Waals surface area contributed by atoms with Gasteiger partial charge in [0, 0.05) is 6.42 Å². The Kier molecular flexibility index (Phi) is 6.05. The molecule has 0 spiro atoms. The maximum atomic E-state index is 11.3. The summed E-state index contributed by atoms with van der Waals surface area (Å²) in [5, 5.41) is 0. The van der Waals surface area contributed by atoms with Crippen molar-refractivity contribution in [1.29, 1.82) is 0 Å². The summed E-state index contributed by atoms with van der Waals surface area (Å²) in [5.41, 5.74) is 0.962. The number of hydrogen-bond acceptors (Lipinski definition) is 4. The third-order valence-corrected chi connectivity index (χ3v) is 2.47. The lowest BCUT2D eigenvalue weighted by atomic mass is 10.1. The highest BCUT2D eigenvalue weighted by Gasteiger charge is 2.09. The zero-order valence-corrected chi connectivity index (χ0v) is 11.2. The largest absolute Gasteiger partial charge is 0.497 e. The van der Waals surface area contributed by atoms with Gasteiger partial charge < -0.3 is 14.2 Å². The van der Waals surface area contributed by atoms with Gasteiger partial charge in [0.25, 0.3) is 0 Å². The maximum Gasteiger partial charge on any atom is 0.306 e. The highest BCUT2D eigenvalue weighted by Crippen LogP contribution is 2.25. The fourth-order valence-electron chi connectivity index (χ4n) is 1.64. The average molecular weight is 252 g/mol. The van der Waals surface area contributed by atoms with Gasteiger partial charge in [-0.3, -0.25) is 4.79 Å². The van der Waals surface area contributed by atoms with E-state index in [4.69, 9.17) is 14.2 Å². The molecule has 0 aliphatic heterocycles. The second kappa shape index (κ2) is 7.58. The molecule has 0 N–H and O–H groups in total. The molecular weight excluding hydrogens is 232 g/mol. The van der Waals surface area contributed by atoms with Crippen molar-refractivity contribution in [3.8, 4) is 11.5 Å². The van der Waals surface area contributed by atoms with Crippen LogP contribution in [-0.2, 0) is 16.0 Å². The summed E-state index contributed by atoms with van der Waals surface area (Å²) < 4.78 is 15.6. The summed E-state index contributed by atoms with van der Waals surface area (Å²) in [6.45, 7) is 4.74. The molecule has 4 nitrogen and oxygen atoms in total. The average Bonchev–Trinajstić information content (AvgIpc) is 2.38. The number of rotatable bonds is 7. The molecule has 1 aromatic rings. The molecule has 0 saturated carbocycles. The molecule has 0 bridgehead atoms. The number of aryl methyl sites for hydroxylation is 1. The maximum absolute atomic E-state index is 11.3. The van der Waals surface area contributed by atoms with E-state index in [-0.39, 0.29) is 5.97 Å². The molecule has 0 radical (unpaired) electrons. The molecule has 4 heteroatoms. The minimum absolute atomic E-state index is 0.192. The normalized spacial score (nSPS) is 9.94. The molecule has 100 valence electrons. The van der Waals surface area contributed by atoms with Crippen molar-refractivity contribution >= 4 is 5.97 Å². The van der Waals surface area contributed by atoms with E-state index in [1.54, 1.807) is 14.0 Å². The van der Waals surface area contributed by atoms with Gasteiger partial charge in [0.05, 0.1) is 20.3 Å². The van der Waals surface area contributed by atoms with E-state index in [9.17, 15) is 4.79 Å². The van der Waals surface area contributed by atoms with Gasteiger partial charge in [-0.1, -0.05) is 0 Å². The Morgan fingerprint density at radius 3 is 2.61 bits per heavy atom. The predicted molar refractivity (Wildman–Crippen MR) is 69.1 cm³/mol. The van der Waals surface area contributed by atoms with Crippen molar-refractivity contribution in [2.24, 2.45) is 0 Å². The second-order valence-corrected chi connectivity index (χ2v) is 3.71. The van der Waals surface area contributed by atoms with E-state index in [0.717, 1.165) is 17.1 Å². The van der Waals surface area contributed by atoms with Crippen molar-refractivity contribution in [3.63, 3.8) is 0 Å². The number of benzene rings is 1. The van der Waals surface area contributed by atoms with Gasteiger partial charge in [-0.05, 0) is 44.0 Å². The van der Waals surface area contributed by atoms with E-state index in [1.165, 1.54) is 0 Å². The van der Waals surface area contributed by atoms with Gasteiger partial charge in [0.15, 0.2) is 0 Å². The smallest absolute Gasteiger partial charge is 0.306 e. The van der Waals surface area contributed by atoms with Crippen LogP contribution in [0.1, 0.15) is 25.8 Å². The molecule has 0 aromatic heterocycles. The number of ether oxygens (including phenoxy) is 3. The standard InChI is InChI=1S/C14H20O4/c1-4-17-13-8-7-12(16-3)10-11(13)6-9-14(15)18-5-2/h7-8,10H,4-6,9H2,1-3H3. The van der Waals surface area contributed by atoms with Crippen LogP contribution in [0.25, 0.3) is 0 Å². The Bertz CT molecular complexity index is 387. The first-order chi connectivity index (χ1) is 8.71. The molecule has 0 aliphatic carbocycles. The summed E-state index contributed by atoms with van der Waals surface area (Å²) in [5.74, 6) is 1.36. The predicted octanol–water partition coefficient (Wildman–Crippen LogP) is 2.59. The van der Waals surface area contributed by atoms with Gasteiger partial charge in [-0.25, -0.2) is 0 Å². The summed E-state index contributed by atoms with van der Waals surface area (Å²) in [6.07, 6.45) is 0.937. The lowest BCUT2D eigenvalue weighted by Crippen LogP contribution is -2.06. The Morgan fingerprint density at radius 1 is 1.22 bits per heavy atom. The molecule has 0 fully saturated rings. The monoisotopic (exact) mass is 252 g/mol. The minimum Gasteiger partial charge on any atom is -0.497 e. The summed E-state index contributed by atoms with van der Waals surface area (Å²) in [6, 6.07) is 5.60. The van der Waals surface area contributed by atoms with Crippen molar-refractivity contribution in [3.05, 3.63) is 23.8 Å². The van der Waals surface area contributed by atoms with Crippen LogP contribution in [0.2, 0.25) is 0 Å². The minimum atomic E-state index is -0.192. The molecule has 0 unspecified atom stereocenters. The first kappa shape index (κ1) is 14.4. The number of carbonyl (C=O) groups excluding carboxylic acids is 1. The quantitative estimate of drug-likeness (QED) is 0.700. The van der Waals surface area contributed by atoms with Crippen molar-refractivity contribution in [1.82, 2.24) is 0 Å². The highest BCUT2D eigenvalue weighted by molar-refractivity contribution is 5.69. The Hall–Kier alpha value is -1.71. The SMILES string of the molecule is CCOC(=O)CCc1cc(OC)ccc1OCC. The van der Waals surface area contributed by atoms with Crippen LogP contribution in [0.4, 0.5) is 0 Å². The van der Waals surface area contributed by atoms with Crippen LogP contribution in [0.15, 0.2) is 18.2 Å². The summed E-state index contributed by atoms with van der Waals surface area (Å²) >= 11 is 0. The molecular formula is C14H20O4. The molecule has 18 heavy (non-hydrogen) atoms. The molecule has 0 amide bonds. The van der Waals surface area contributed by atoms with Crippen molar-refractivity contribution in [2.75, 3.05) is 20.3 Å². The zero-order chi connectivity index (χ0) is 13.4. The zero-order valence-electron chi connectivity index (χ0n) is 11.2. The number of methoxy groups -OCH3 is 1. The lowest BCUT2D eigenvalue weighted by molar-refractivity contribution is -0.143. The van der Waals surface area contributed by atoms with E-state index in [2.05, 4.69) is 0 Å². The molecule has 0 atom stereocenters. The van der Waals surface area contributed by atoms with Crippen LogP contribution < -0.4 is 9.47 Å². The van der Waals surface area contributed by atoms with E-state index in [1.807, 2.05) is 25.1 Å². The fourth-order valence-corrected chi connectivity index (χ4v) is 1.64. The molecule has 1 rings (SSSR count). The number of carbonyl (C=O) groups is 1. The van der Waals surface area contributed by atoms with E-state index in [0.29, 0.717) is 26.1 Å². The van der Waals surface area contributed by atoms with Gasteiger partial charge in [-0.2, -0.15) is 0 Å². The van der Waals surface area contributed by atoms with E-state index < -0.39 is 0 Å². The first-order valence-electron chi connectivity index (χ1n) is 6.16. The van der Waals surface area contributed by atoms with Crippen molar-refractivity contribution < 1.29 is 19.0 Å². The van der Waals surface area contributed by atoms with Gasteiger partial charge in [0.2, 0.25) is 0 Å². The van der Waals surface area contributed by atoms with Gasteiger partial charge in [-0.15, -0.1) is 0 Å². The van der Waals surface area contributed by atoms with Crippen molar-refractivity contribution in [2.45, 2.75) is 26.7 Å². The number of esters is 1. The van der Waals surface area contributed by atoms with Crippen LogP contribution in [0.5, 0.6) is 11.5 Å². The van der Waals surface area contributed by atoms with Gasteiger partial charge in [0.1, 0.15) is 11.5 Å². The third-order valence-electron chi connectivity index (χ3n) is 2.47. The first-order valence-corrected chi connectivity index (χ1v) is 6.16. The Balaban J connectivity index is 2.73. The summed E-state index contributed by atoms with van der Waals surface area (Å²) in [4.78, 5) is 11.3. The molecule has 0 heterocycles. The van der Waals surface area contributed by atoms with Crippen LogP contribution >= 0.6 is 0 Å². The van der Waals surface area contributed by atoms with Crippen LogP contribution in [-0.4, -0.2) is 26.3 Å². The van der Waals surface area contributed by atoms with E-state index >= 15 is 0 Å². The van der Waals surface area contributed by atoms with Crippen LogP contribution in [0, 0.1) is 0 Å². The molecule has 1 aromatic carbocycles. The number of hydrogen-bond donors (Lipinski definition) is 0. The third kappa shape index (κ3) is 4.28.